The predicted molar refractivity (Wildman–Crippen MR) is 120 cm³/mol. The largest absolute Gasteiger partial charge is 0.379 e. The van der Waals surface area contributed by atoms with Crippen molar-refractivity contribution in [3.8, 4) is 0 Å². The third-order valence-electron chi connectivity index (χ3n) is 5.50. The Balaban J connectivity index is 1.46. The topological polar surface area (TPSA) is 83.6 Å². The smallest absolute Gasteiger partial charge is 0.313 e. The van der Waals surface area contributed by atoms with Gasteiger partial charge in [-0.3, -0.25) is 19.5 Å². The Labute approximate surface area is 185 Å². The number of aromatic nitrogens is 1. The van der Waals surface area contributed by atoms with Crippen molar-refractivity contribution in [2.45, 2.75) is 13.0 Å². The Morgan fingerprint density at radius 1 is 1.09 bits per heavy atom. The van der Waals surface area contributed by atoms with Crippen LogP contribution in [0.25, 0.3) is 10.9 Å². The quantitative estimate of drug-likeness (QED) is 0.601. The Morgan fingerprint density at radius 2 is 1.81 bits per heavy atom. The van der Waals surface area contributed by atoms with Crippen LogP contribution >= 0.6 is 0 Å². The molecule has 2 amide bonds. The molecule has 1 atom stereocenters. The van der Waals surface area contributed by atoms with Gasteiger partial charge in [-0.15, -0.1) is 0 Å². The molecular formula is C24H25FN4O3. The molecule has 1 aliphatic heterocycles. The number of aryl methyl sites for hydroxylation is 1. The zero-order chi connectivity index (χ0) is 22.5. The third kappa shape index (κ3) is 5.09. The van der Waals surface area contributed by atoms with Crippen molar-refractivity contribution in [2.75, 3.05) is 38.2 Å². The minimum absolute atomic E-state index is 0.194. The highest BCUT2D eigenvalue weighted by Crippen LogP contribution is 2.23. The number of para-hydroxylation sites is 1. The number of hydrogen-bond donors (Lipinski definition) is 2. The van der Waals surface area contributed by atoms with Crippen molar-refractivity contribution in [3.63, 3.8) is 0 Å². The fourth-order valence-electron chi connectivity index (χ4n) is 3.89. The molecule has 1 unspecified atom stereocenters. The summed E-state index contributed by atoms with van der Waals surface area (Å²) in [6.07, 6.45) is 0. The van der Waals surface area contributed by atoms with E-state index in [1.807, 2.05) is 31.2 Å². The maximum atomic E-state index is 13.4. The van der Waals surface area contributed by atoms with Crippen LogP contribution in [-0.4, -0.2) is 54.5 Å². The molecule has 1 fully saturated rings. The SMILES string of the molecule is Cc1cc(NC(=O)C(=O)NCC(c2ccc(F)cc2)N2CCOCC2)c2ccccc2n1. The lowest BCUT2D eigenvalue weighted by Crippen LogP contribution is -2.45. The molecule has 0 bridgehead atoms. The number of anilines is 1. The van der Waals surface area contributed by atoms with Gasteiger partial charge in [0.2, 0.25) is 0 Å². The fraction of sp³-hybridized carbons (Fsp3) is 0.292. The minimum Gasteiger partial charge on any atom is -0.379 e. The van der Waals surface area contributed by atoms with Gasteiger partial charge < -0.3 is 15.4 Å². The van der Waals surface area contributed by atoms with Crippen molar-refractivity contribution in [2.24, 2.45) is 0 Å². The number of benzene rings is 2. The molecule has 2 heterocycles. The normalized spacial score (nSPS) is 15.3. The van der Waals surface area contributed by atoms with Gasteiger partial charge in [0.25, 0.3) is 0 Å². The second-order valence-electron chi connectivity index (χ2n) is 7.71. The Bertz CT molecular complexity index is 1110. The zero-order valence-corrected chi connectivity index (χ0v) is 17.8. The molecule has 32 heavy (non-hydrogen) atoms. The van der Waals surface area contributed by atoms with E-state index >= 15 is 0 Å². The first kappa shape index (κ1) is 21.9. The average Bonchev–Trinajstić information content (AvgIpc) is 2.80. The second-order valence-corrected chi connectivity index (χ2v) is 7.71. The number of nitrogens with one attached hydrogen (secondary N) is 2. The standard InChI is InChI=1S/C24H25FN4O3/c1-16-14-21(19-4-2-3-5-20(19)27-16)28-24(31)23(30)26-15-22(29-10-12-32-13-11-29)17-6-8-18(25)9-7-17/h2-9,14,22H,10-13,15H2,1H3,(H,26,30)(H,27,28,31). The molecule has 0 aliphatic carbocycles. The van der Waals surface area contributed by atoms with E-state index in [-0.39, 0.29) is 18.4 Å². The highest BCUT2D eigenvalue weighted by Gasteiger charge is 2.25. The number of pyridine rings is 1. The van der Waals surface area contributed by atoms with Crippen LogP contribution < -0.4 is 10.6 Å². The van der Waals surface area contributed by atoms with Crippen molar-refractivity contribution in [3.05, 3.63) is 71.7 Å². The maximum absolute atomic E-state index is 13.4. The summed E-state index contributed by atoms with van der Waals surface area (Å²) in [6.45, 7) is 4.59. The monoisotopic (exact) mass is 436 g/mol. The molecule has 1 saturated heterocycles. The van der Waals surface area contributed by atoms with Gasteiger partial charge in [-0.25, -0.2) is 4.39 Å². The van der Waals surface area contributed by atoms with Crippen LogP contribution in [-0.2, 0) is 14.3 Å². The number of halogens is 1. The first-order valence-electron chi connectivity index (χ1n) is 10.5. The van der Waals surface area contributed by atoms with Crippen LogP contribution in [0.1, 0.15) is 17.3 Å². The van der Waals surface area contributed by atoms with Gasteiger partial charge in [-0.1, -0.05) is 30.3 Å². The second kappa shape index (κ2) is 9.84. The number of morpholine rings is 1. The molecule has 2 N–H and O–H groups in total. The molecule has 3 aromatic rings. The van der Waals surface area contributed by atoms with Crippen LogP contribution in [0.2, 0.25) is 0 Å². The summed E-state index contributed by atoms with van der Waals surface area (Å²) in [5.74, 6) is -1.80. The van der Waals surface area contributed by atoms with E-state index in [0.29, 0.717) is 32.0 Å². The maximum Gasteiger partial charge on any atom is 0.313 e. The summed E-state index contributed by atoms with van der Waals surface area (Å²) in [7, 11) is 0. The fourth-order valence-corrected chi connectivity index (χ4v) is 3.89. The number of rotatable bonds is 5. The average molecular weight is 436 g/mol. The van der Waals surface area contributed by atoms with Crippen LogP contribution in [0.15, 0.2) is 54.6 Å². The first-order chi connectivity index (χ1) is 15.5. The van der Waals surface area contributed by atoms with Gasteiger partial charge in [0.1, 0.15) is 5.82 Å². The van der Waals surface area contributed by atoms with Crippen LogP contribution in [0.4, 0.5) is 10.1 Å². The summed E-state index contributed by atoms with van der Waals surface area (Å²) >= 11 is 0. The summed E-state index contributed by atoms with van der Waals surface area (Å²) in [4.78, 5) is 31.8. The number of hydrogen-bond acceptors (Lipinski definition) is 5. The van der Waals surface area contributed by atoms with E-state index in [0.717, 1.165) is 22.2 Å². The number of fused-ring (bicyclic) bond motifs is 1. The third-order valence-corrected chi connectivity index (χ3v) is 5.50. The summed E-state index contributed by atoms with van der Waals surface area (Å²) in [5.41, 5.74) is 2.89. The van der Waals surface area contributed by atoms with Crippen molar-refractivity contribution >= 4 is 28.4 Å². The van der Waals surface area contributed by atoms with E-state index in [2.05, 4.69) is 20.5 Å². The van der Waals surface area contributed by atoms with Crippen LogP contribution in [0, 0.1) is 12.7 Å². The molecule has 2 aromatic carbocycles. The lowest BCUT2D eigenvalue weighted by atomic mass is 10.0. The van der Waals surface area contributed by atoms with Crippen LogP contribution in [0.3, 0.4) is 0 Å². The zero-order valence-electron chi connectivity index (χ0n) is 17.8. The van der Waals surface area contributed by atoms with E-state index < -0.39 is 11.8 Å². The highest BCUT2D eigenvalue weighted by atomic mass is 19.1. The van der Waals surface area contributed by atoms with Gasteiger partial charge in [-0.2, -0.15) is 0 Å². The highest BCUT2D eigenvalue weighted by molar-refractivity contribution is 6.40. The molecule has 4 rings (SSSR count). The van der Waals surface area contributed by atoms with Gasteiger partial charge in [0.15, 0.2) is 0 Å². The van der Waals surface area contributed by atoms with E-state index in [9.17, 15) is 14.0 Å². The van der Waals surface area contributed by atoms with Gasteiger partial charge in [0, 0.05) is 30.7 Å². The van der Waals surface area contributed by atoms with Gasteiger partial charge in [-0.05, 0) is 36.8 Å². The van der Waals surface area contributed by atoms with E-state index in [4.69, 9.17) is 4.74 Å². The number of amides is 2. The number of ether oxygens (including phenoxy) is 1. The Morgan fingerprint density at radius 3 is 2.56 bits per heavy atom. The number of nitrogens with zero attached hydrogens (tertiary/aromatic N) is 2. The molecule has 0 saturated carbocycles. The first-order valence-corrected chi connectivity index (χ1v) is 10.5. The van der Waals surface area contributed by atoms with Crippen molar-refractivity contribution in [1.82, 2.24) is 15.2 Å². The molecule has 1 aliphatic rings. The Hall–Kier alpha value is -3.36. The molecule has 8 heteroatoms. The van der Waals surface area contributed by atoms with Crippen LogP contribution in [0.5, 0.6) is 0 Å². The lowest BCUT2D eigenvalue weighted by molar-refractivity contribution is -0.136. The molecule has 0 spiro atoms. The van der Waals surface area contributed by atoms with Crippen molar-refractivity contribution in [1.29, 1.82) is 0 Å². The molecular weight excluding hydrogens is 411 g/mol. The predicted octanol–water partition coefficient (Wildman–Crippen LogP) is 2.81. The van der Waals surface area contributed by atoms with Crippen molar-refractivity contribution < 1.29 is 18.7 Å². The van der Waals surface area contributed by atoms with Gasteiger partial charge >= 0.3 is 11.8 Å². The summed E-state index contributed by atoms with van der Waals surface area (Å²) < 4.78 is 18.8. The van der Waals surface area contributed by atoms with Gasteiger partial charge in [0.05, 0.1) is 30.5 Å². The van der Waals surface area contributed by atoms with E-state index in [1.54, 1.807) is 18.2 Å². The number of carbonyl (C=O) groups is 2. The van der Waals surface area contributed by atoms with E-state index in [1.165, 1.54) is 12.1 Å². The molecule has 0 radical (unpaired) electrons. The minimum atomic E-state index is -0.749. The summed E-state index contributed by atoms with van der Waals surface area (Å²) in [6, 6.07) is 15.2. The summed E-state index contributed by atoms with van der Waals surface area (Å²) in [5, 5.41) is 6.20. The lowest BCUT2D eigenvalue weighted by Gasteiger charge is -2.34. The number of carbonyl (C=O) groups excluding carboxylic acids is 2. The molecule has 7 nitrogen and oxygen atoms in total. The Kier molecular flexibility index (Phi) is 6.72. The molecule has 1 aromatic heterocycles. The molecule has 166 valence electrons.